The quantitative estimate of drug-likeness (QED) is 0.880. The fourth-order valence-corrected chi connectivity index (χ4v) is 1.98. The lowest BCUT2D eigenvalue weighted by atomic mass is 10.0. The highest BCUT2D eigenvalue weighted by Gasteiger charge is 2.30. The third-order valence-corrected chi connectivity index (χ3v) is 3.05. The van der Waals surface area contributed by atoms with E-state index in [0.717, 1.165) is 17.8 Å². The van der Waals surface area contributed by atoms with Crippen LogP contribution in [0.4, 0.5) is 18.9 Å². The van der Waals surface area contributed by atoms with Crippen molar-refractivity contribution in [3.63, 3.8) is 0 Å². The second kappa shape index (κ2) is 6.31. The van der Waals surface area contributed by atoms with Gasteiger partial charge in [0.25, 0.3) is 0 Å². The van der Waals surface area contributed by atoms with E-state index in [2.05, 4.69) is 5.32 Å². The number of hydrogen-bond acceptors (Lipinski definition) is 2. The number of alkyl halides is 3. The first-order valence-electron chi connectivity index (χ1n) is 6.36. The summed E-state index contributed by atoms with van der Waals surface area (Å²) in [5.41, 5.74) is 0.771. The van der Waals surface area contributed by atoms with Gasteiger partial charge in [0.15, 0.2) is 0 Å². The van der Waals surface area contributed by atoms with Gasteiger partial charge < -0.3 is 5.32 Å². The summed E-state index contributed by atoms with van der Waals surface area (Å²) in [6, 6.07) is 15.8. The van der Waals surface area contributed by atoms with Crippen molar-refractivity contribution in [1.82, 2.24) is 0 Å². The molecule has 108 valence electrons. The summed E-state index contributed by atoms with van der Waals surface area (Å²) >= 11 is 0. The van der Waals surface area contributed by atoms with Gasteiger partial charge in [-0.2, -0.15) is 18.4 Å². The van der Waals surface area contributed by atoms with Gasteiger partial charge in [-0.3, -0.25) is 0 Å². The van der Waals surface area contributed by atoms with Gasteiger partial charge in [0.05, 0.1) is 24.1 Å². The van der Waals surface area contributed by atoms with Crippen LogP contribution in [0.3, 0.4) is 0 Å². The lowest BCUT2D eigenvalue weighted by molar-refractivity contribution is -0.137. The first-order valence-corrected chi connectivity index (χ1v) is 6.36. The molecule has 0 aliphatic heterocycles. The average Bonchev–Trinajstić information content (AvgIpc) is 2.47. The molecule has 0 fully saturated rings. The summed E-state index contributed by atoms with van der Waals surface area (Å²) in [4.78, 5) is 0. The van der Waals surface area contributed by atoms with Crippen LogP contribution >= 0.6 is 0 Å². The average molecular weight is 290 g/mol. The summed E-state index contributed by atoms with van der Waals surface area (Å²) < 4.78 is 37.6. The first kappa shape index (κ1) is 14.9. The van der Waals surface area contributed by atoms with Gasteiger partial charge in [0.2, 0.25) is 0 Å². The molecule has 2 nitrogen and oxygen atoms in total. The summed E-state index contributed by atoms with van der Waals surface area (Å²) in [5.74, 6) is 0. The minimum atomic E-state index is -4.35. The van der Waals surface area contributed by atoms with Crippen LogP contribution in [0.15, 0.2) is 54.6 Å². The fraction of sp³-hybridized carbons (Fsp3) is 0.188. The predicted molar refractivity (Wildman–Crippen MR) is 74.5 cm³/mol. The Morgan fingerprint density at radius 3 is 2.14 bits per heavy atom. The molecule has 0 heterocycles. The van der Waals surface area contributed by atoms with Crippen molar-refractivity contribution in [1.29, 1.82) is 5.26 Å². The minimum Gasteiger partial charge on any atom is -0.377 e. The van der Waals surface area contributed by atoms with E-state index < -0.39 is 11.7 Å². The summed E-state index contributed by atoms with van der Waals surface area (Å²) in [5, 5.41) is 12.0. The van der Waals surface area contributed by atoms with Crippen LogP contribution in [0, 0.1) is 11.3 Å². The Hall–Kier alpha value is -2.48. The molecule has 2 aromatic carbocycles. The molecule has 5 heteroatoms. The molecule has 0 aliphatic carbocycles. The van der Waals surface area contributed by atoms with Crippen molar-refractivity contribution in [2.75, 3.05) is 5.32 Å². The smallest absolute Gasteiger partial charge is 0.377 e. The summed E-state index contributed by atoms with van der Waals surface area (Å²) in [6.07, 6.45) is -4.18. The summed E-state index contributed by atoms with van der Waals surface area (Å²) in [6.45, 7) is 0. The Balaban J connectivity index is 2.21. The molecule has 1 unspecified atom stereocenters. The zero-order valence-corrected chi connectivity index (χ0v) is 11.1. The number of hydrogen-bond donors (Lipinski definition) is 1. The number of para-hydroxylation sites is 1. The molecule has 0 saturated carbocycles. The van der Waals surface area contributed by atoms with Gasteiger partial charge in [0.1, 0.15) is 0 Å². The van der Waals surface area contributed by atoms with Crippen LogP contribution in [0.25, 0.3) is 0 Å². The maximum absolute atomic E-state index is 12.5. The van der Waals surface area contributed by atoms with Crippen molar-refractivity contribution in [2.24, 2.45) is 0 Å². The molecule has 0 amide bonds. The van der Waals surface area contributed by atoms with Crippen molar-refractivity contribution < 1.29 is 13.2 Å². The molecular weight excluding hydrogens is 277 g/mol. The number of nitriles is 1. The molecule has 0 bridgehead atoms. The molecule has 21 heavy (non-hydrogen) atoms. The van der Waals surface area contributed by atoms with E-state index >= 15 is 0 Å². The standard InChI is InChI=1S/C16H13F3N2/c17-16(18,19)13-8-6-12(7-9-13)15(10-11-20)21-14-4-2-1-3-5-14/h1-9,15,21H,10H2. The van der Waals surface area contributed by atoms with Crippen molar-refractivity contribution in [3.8, 4) is 6.07 Å². The van der Waals surface area contributed by atoms with Crippen LogP contribution < -0.4 is 5.32 Å². The third-order valence-electron chi connectivity index (χ3n) is 3.05. The number of rotatable bonds is 4. The molecule has 2 rings (SSSR count). The Morgan fingerprint density at radius 1 is 1.00 bits per heavy atom. The zero-order chi connectivity index (χ0) is 15.3. The molecule has 0 aliphatic rings. The van der Waals surface area contributed by atoms with Gasteiger partial charge >= 0.3 is 6.18 Å². The molecule has 1 atom stereocenters. The lowest BCUT2D eigenvalue weighted by Gasteiger charge is -2.18. The van der Waals surface area contributed by atoms with E-state index in [0.29, 0.717) is 5.56 Å². The van der Waals surface area contributed by atoms with Crippen LogP contribution in [-0.2, 0) is 6.18 Å². The number of nitrogens with one attached hydrogen (secondary N) is 1. The molecule has 0 aromatic heterocycles. The Morgan fingerprint density at radius 2 is 1.62 bits per heavy atom. The van der Waals surface area contributed by atoms with Crippen LogP contribution in [0.1, 0.15) is 23.6 Å². The topological polar surface area (TPSA) is 35.8 Å². The van der Waals surface area contributed by atoms with Crippen LogP contribution in [-0.4, -0.2) is 0 Å². The van der Waals surface area contributed by atoms with Crippen molar-refractivity contribution in [3.05, 3.63) is 65.7 Å². The van der Waals surface area contributed by atoms with E-state index in [9.17, 15) is 13.2 Å². The van der Waals surface area contributed by atoms with Gasteiger partial charge in [-0.1, -0.05) is 30.3 Å². The maximum Gasteiger partial charge on any atom is 0.416 e. The molecule has 1 N–H and O–H groups in total. The first-order chi connectivity index (χ1) is 10.0. The number of halogens is 3. The molecule has 0 spiro atoms. The summed E-state index contributed by atoms with van der Waals surface area (Å²) in [7, 11) is 0. The largest absolute Gasteiger partial charge is 0.416 e. The monoisotopic (exact) mass is 290 g/mol. The fourth-order valence-electron chi connectivity index (χ4n) is 1.98. The Bertz CT molecular complexity index is 613. The zero-order valence-electron chi connectivity index (χ0n) is 11.1. The highest BCUT2D eigenvalue weighted by molar-refractivity contribution is 5.45. The van der Waals surface area contributed by atoms with E-state index in [1.807, 2.05) is 36.4 Å². The van der Waals surface area contributed by atoms with Gasteiger partial charge in [-0.25, -0.2) is 0 Å². The molecular formula is C16H13F3N2. The molecule has 0 radical (unpaired) electrons. The van der Waals surface area contributed by atoms with E-state index in [-0.39, 0.29) is 12.5 Å². The van der Waals surface area contributed by atoms with Crippen molar-refractivity contribution >= 4 is 5.69 Å². The van der Waals surface area contributed by atoms with Crippen LogP contribution in [0.5, 0.6) is 0 Å². The van der Waals surface area contributed by atoms with Crippen molar-refractivity contribution in [2.45, 2.75) is 18.6 Å². The SMILES string of the molecule is N#CCC(Nc1ccccc1)c1ccc(C(F)(F)F)cc1. The number of anilines is 1. The minimum absolute atomic E-state index is 0.167. The molecule has 2 aromatic rings. The molecule has 0 saturated heterocycles. The maximum atomic E-state index is 12.5. The van der Waals surface area contributed by atoms with Crippen LogP contribution in [0.2, 0.25) is 0 Å². The second-order valence-electron chi connectivity index (χ2n) is 4.54. The third kappa shape index (κ3) is 3.99. The highest BCUT2D eigenvalue weighted by Crippen LogP contribution is 2.31. The Kier molecular flexibility index (Phi) is 4.49. The normalized spacial score (nSPS) is 12.5. The van der Waals surface area contributed by atoms with Gasteiger partial charge in [0, 0.05) is 5.69 Å². The predicted octanol–water partition coefficient (Wildman–Crippen LogP) is 4.77. The number of benzene rings is 2. The number of nitrogens with zero attached hydrogens (tertiary/aromatic N) is 1. The van der Waals surface area contributed by atoms with E-state index in [1.54, 1.807) is 0 Å². The van der Waals surface area contributed by atoms with E-state index in [1.165, 1.54) is 12.1 Å². The lowest BCUT2D eigenvalue weighted by Crippen LogP contribution is -2.11. The van der Waals surface area contributed by atoms with Gasteiger partial charge in [-0.15, -0.1) is 0 Å². The Labute approximate surface area is 120 Å². The highest BCUT2D eigenvalue weighted by atomic mass is 19.4. The van der Waals surface area contributed by atoms with Gasteiger partial charge in [-0.05, 0) is 29.8 Å². The van der Waals surface area contributed by atoms with E-state index in [4.69, 9.17) is 5.26 Å². The second-order valence-corrected chi connectivity index (χ2v) is 4.54.